The quantitative estimate of drug-likeness (QED) is 0.526. The molecule has 1 rings (SSSR count). The van der Waals surface area contributed by atoms with Gasteiger partial charge >= 0.3 is 0 Å². The highest BCUT2D eigenvalue weighted by molar-refractivity contribution is 14.1. The van der Waals surface area contributed by atoms with Gasteiger partial charge in [0.25, 0.3) is 5.91 Å². The molecule has 0 unspecified atom stereocenters. The van der Waals surface area contributed by atoms with Gasteiger partial charge in [-0.15, -0.1) is 0 Å². The van der Waals surface area contributed by atoms with Crippen LogP contribution in [-0.2, 0) is 4.84 Å². The fourth-order valence-electron chi connectivity index (χ4n) is 0.993. The van der Waals surface area contributed by atoms with E-state index in [-0.39, 0.29) is 11.3 Å². The maximum absolute atomic E-state index is 11.8. The van der Waals surface area contributed by atoms with Crippen LogP contribution in [0.4, 0.5) is 0 Å². The number of nitrogens with one attached hydrogen (secondary N) is 1. The number of carbonyl (C=O) groups is 1. The number of phenolic OH excluding ortho intramolecular Hbond substituents is 1. The normalized spacial score (nSPS) is 11.4. The van der Waals surface area contributed by atoms with Crippen molar-refractivity contribution in [3.05, 3.63) is 24.8 Å². The molecule has 1 aromatic carbocycles. The first-order chi connectivity index (χ1) is 7.70. The van der Waals surface area contributed by atoms with Crippen LogP contribution < -0.4 is 5.48 Å². The zero-order valence-electron chi connectivity index (χ0n) is 9.67. The Kier molecular flexibility index (Phi) is 5.02. The number of carbonyl (C=O) groups excluding carboxylic acids is 1. The molecule has 0 aliphatic rings. The Hall–Kier alpha value is -0.0900. The van der Waals surface area contributed by atoms with Gasteiger partial charge in [-0.25, -0.2) is 5.48 Å². The molecule has 0 saturated heterocycles. The lowest BCUT2D eigenvalue weighted by Gasteiger charge is -2.19. The van der Waals surface area contributed by atoms with Gasteiger partial charge in [-0.3, -0.25) is 9.63 Å². The molecule has 0 saturated carbocycles. The Bertz CT molecular complexity index is 441. The van der Waals surface area contributed by atoms with Crippen LogP contribution in [-0.4, -0.2) is 16.6 Å². The number of hydrogen-bond acceptors (Lipinski definition) is 3. The predicted molar refractivity (Wildman–Crippen MR) is 81.8 cm³/mol. The number of hydrogen-bond donors (Lipinski definition) is 2. The molecule has 1 amide bonds. The van der Waals surface area contributed by atoms with Crippen molar-refractivity contribution in [2.45, 2.75) is 26.4 Å². The van der Waals surface area contributed by atoms with Crippen molar-refractivity contribution in [2.24, 2.45) is 0 Å². The highest BCUT2D eigenvalue weighted by atomic mass is 127. The number of phenols is 1. The van der Waals surface area contributed by atoms with Gasteiger partial charge in [0.1, 0.15) is 5.75 Å². The van der Waals surface area contributed by atoms with E-state index in [9.17, 15) is 9.90 Å². The van der Waals surface area contributed by atoms with Crippen molar-refractivity contribution in [1.82, 2.24) is 5.48 Å². The molecule has 0 aliphatic heterocycles. The van der Waals surface area contributed by atoms with Crippen LogP contribution in [0.1, 0.15) is 31.1 Å². The molecule has 6 heteroatoms. The molecule has 0 radical (unpaired) electrons. The van der Waals surface area contributed by atoms with Crippen molar-refractivity contribution >= 4 is 51.1 Å². The van der Waals surface area contributed by atoms with Gasteiger partial charge in [-0.2, -0.15) is 0 Å². The summed E-state index contributed by atoms with van der Waals surface area (Å²) in [5.41, 5.74) is 2.07. The number of amides is 1. The summed E-state index contributed by atoms with van der Waals surface area (Å²) in [7, 11) is 0. The Labute approximate surface area is 127 Å². The van der Waals surface area contributed by atoms with Gasteiger partial charge in [0.2, 0.25) is 0 Å². The summed E-state index contributed by atoms with van der Waals surface area (Å²) in [6.07, 6.45) is 0. The number of benzene rings is 1. The molecule has 0 aromatic heterocycles. The Morgan fingerprint density at radius 3 is 2.47 bits per heavy atom. The molecular formula is C11H13I2NO3. The van der Waals surface area contributed by atoms with Gasteiger partial charge in [0.05, 0.1) is 14.7 Å². The minimum atomic E-state index is -0.472. The Morgan fingerprint density at radius 1 is 1.35 bits per heavy atom. The van der Waals surface area contributed by atoms with Crippen LogP contribution in [0.2, 0.25) is 0 Å². The summed E-state index contributed by atoms with van der Waals surface area (Å²) in [5, 5.41) is 9.79. The van der Waals surface area contributed by atoms with E-state index in [0.29, 0.717) is 3.57 Å². The molecule has 4 nitrogen and oxygen atoms in total. The third-order valence-corrected chi connectivity index (χ3v) is 3.17. The zero-order chi connectivity index (χ0) is 13.2. The van der Waals surface area contributed by atoms with Gasteiger partial charge in [-0.05, 0) is 78.1 Å². The molecule has 1 aromatic rings. The summed E-state index contributed by atoms with van der Waals surface area (Å²) in [4.78, 5) is 17.0. The van der Waals surface area contributed by atoms with Crippen molar-refractivity contribution in [3.63, 3.8) is 0 Å². The van der Waals surface area contributed by atoms with E-state index in [4.69, 9.17) is 4.84 Å². The topological polar surface area (TPSA) is 58.6 Å². The fourth-order valence-corrected chi connectivity index (χ4v) is 2.84. The molecule has 0 atom stereocenters. The van der Waals surface area contributed by atoms with Crippen molar-refractivity contribution in [2.75, 3.05) is 0 Å². The SMILES string of the molecule is CC(C)(C)ONC(=O)c1cc(I)cc(I)c1O. The largest absolute Gasteiger partial charge is 0.506 e. The van der Waals surface area contributed by atoms with Crippen molar-refractivity contribution in [1.29, 1.82) is 0 Å². The van der Waals surface area contributed by atoms with E-state index in [1.165, 1.54) is 0 Å². The first-order valence-corrected chi connectivity index (χ1v) is 7.03. The number of halogens is 2. The Morgan fingerprint density at radius 2 is 1.94 bits per heavy atom. The standard InChI is InChI=1S/C11H13I2NO3/c1-11(2,3)17-14-10(16)7-4-6(12)5-8(13)9(7)15/h4-5,15H,1-3H3,(H,14,16). The van der Waals surface area contributed by atoms with Crippen LogP contribution >= 0.6 is 45.2 Å². The van der Waals surface area contributed by atoms with E-state index in [0.717, 1.165) is 3.57 Å². The van der Waals surface area contributed by atoms with Crippen LogP contribution in [0.5, 0.6) is 5.75 Å². The third-order valence-electron chi connectivity index (χ3n) is 1.72. The summed E-state index contributed by atoms with van der Waals surface area (Å²) < 4.78 is 1.51. The monoisotopic (exact) mass is 461 g/mol. The van der Waals surface area contributed by atoms with Gasteiger partial charge in [0, 0.05) is 3.57 Å². The second-order valence-corrected chi connectivity index (χ2v) is 6.84. The van der Waals surface area contributed by atoms with E-state index >= 15 is 0 Å². The molecule has 0 bridgehead atoms. The number of rotatable bonds is 2. The molecule has 0 fully saturated rings. The minimum Gasteiger partial charge on any atom is -0.506 e. The fraction of sp³-hybridized carbons (Fsp3) is 0.364. The van der Waals surface area contributed by atoms with E-state index in [2.05, 4.69) is 28.1 Å². The minimum absolute atomic E-state index is 0.0268. The van der Waals surface area contributed by atoms with Gasteiger partial charge in [0.15, 0.2) is 0 Å². The first kappa shape index (κ1) is 15.0. The lowest BCUT2D eigenvalue weighted by molar-refractivity contribution is -0.0590. The zero-order valence-corrected chi connectivity index (χ0v) is 14.0. The molecule has 17 heavy (non-hydrogen) atoms. The summed E-state index contributed by atoms with van der Waals surface area (Å²) in [5.74, 6) is -0.477. The van der Waals surface area contributed by atoms with Gasteiger partial charge in [-0.1, -0.05) is 0 Å². The maximum atomic E-state index is 11.8. The molecular weight excluding hydrogens is 448 g/mol. The lowest BCUT2D eigenvalue weighted by atomic mass is 10.2. The van der Waals surface area contributed by atoms with Crippen molar-refractivity contribution in [3.8, 4) is 5.75 Å². The average molecular weight is 461 g/mol. The smallest absolute Gasteiger partial charge is 0.278 e. The van der Waals surface area contributed by atoms with Crippen LogP contribution in [0.3, 0.4) is 0 Å². The third kappa shape index (κ3) is 4.59. The number of hydroxylamine groups is 1. The summed E-state index contributed by atoms with van der Waals surface area (Å²) in [6, 6.07) is 3.40. The number of aromatic hydroxyl groups is 1. The molecule has 0 aliphatic carbocycles. The Balaban J connectivity index is 2.90. The molecule has 94 valence electrons. The highest BCUT2D eigenvalue weighted by Crippen LogP contribution is 2.27. The van der Waals surface area contributed by atoms with E-state index in [1.54, 1.807) is 12.1 Å². The second kappa shape index (κ2) is 5.70. The van der Waals surface area contributed by atoms with E-state index < -0.39 is 11.5 Å². The lowest BCUT2D eigenvalue weighted by Crippen LogP contribution is -2.33. The average Bonchev–Trinajstić information content (AvgIpc) is 2.19. The van der Waals surface area contributed by atoms with Crippen molar-refractivity contribution < 1.29 is 14.7 Å². The summed E-state index contributed by atoms with van der Waals surface area (Å²) >= 11 is 4.07. The van der Waals surface area contributed by atoms with Crippen LogP contribution in [0.25, 0.3) is 0 Å². The first-order valence-electron chi connectivity index (χ1n) is 4.87. The predicted octanol–water partition coefficient (Wildman–Crippen LogP) is 3.06. The summed E-state index contributed by atoms with van der Waals surface area (Å²) in [6.45, 7) is 5.48. The van der Waals surface area contributed by atoms with E-state index in [1.807, 2.05) is 43.4 Å². The molecule has 0 heterocycles. The van der Waals surface area contributed by atoms with Gasteiger partial charge < -0.3 is 5.11 Å². The van der Waals surface area contributed by atoms with Crippen LogP contribution in [0, 0.1) is 7.14 Å². The van der Waals surface area contributed by atoms with Crippen LogP contribution in [0.15, 0.2) is 12.1 Å². The second-order valence-electron chi connectivity index (χ2n) is 4.43. The molecule has 0 spiro atoms. The molecule has 2 N–H and O–H groups in total. The maximum Gasteiger partial charge on any atom is 0.278 e. The highest BCUT2D eigenvalue weighted by Gasteiger charge is 2.18.